The van der Waals surface area contributed by atoms with Gasteiger partial charge in [0.2, 0.25) is 0 Å². The van der Waals surface area contributed by atoms with E-state index in [1.54, 1.807) is 0 Å². The molecule has 0 fully saturated rings. The van der Waals surface area contributed by atoms with E-state index < -0.39 is 11.7 Å². The van der Waals surface area contributed by atoms with Gasteiger partial charge in [0.15, 0.2) is 0 Å². The second-order valence-corrected chi connectivity index (χ2v) is 4.28. The van der Waals surface area contributed by atoms with E-state index in [2.05, 4.69) is 5.16 Å². The first kappa shape index (κ1) is 14.1. The van der Waals surface area contributed by atoms with Gasteiger partial charge >= 0.3 is 6.18 Å². The Morgan fingerprint density at radius 3 is 2.05 bits per heavy atom. The van der Waals surface area contributed by atoms with Crippen molar-refractivity contribution in [1.82, 2.24) is 0 Å². The minimum Gasteiger partial charge on any atom is -0.411 e. The zero-order chi connectivity index (χ0) is 14.6. The van der Waals surface area contributed by atoms with Gasteiger partial charge in [-0.3, -0.25) is 0 Å². The molecule has 0 atom stereocenters. The third kappa shape index (κ3) is 3.38. The highest BCUT2D eigenvalue weighted by atomic mass is 19.4. The van der Waals surface area contributed by atoms with Crippen molar-refractivity contribution in [3.05, 3.63) is 71.3 Å². The summed E-state index contributed by atoms with van der Waals surface area (Å²) < 4.78 is 37.4. The summed E-state index contributed by atoms with van der Waals surface area (Å²) >= 11 is 0. The molecule has 0 amide bonds. The Hall–Kier alpha value is -2.30. The van der Waals surface area contributed by atoms with Gasteiger partial charge in [0.1, 0.15) is 0 Å². The molecule has 0 spiro atoms. The smallest absolute Gasteiger partial charge is 0.411 e. The maximum atomic E-state index is 12.5. The van der Waals surface area contributed by atoms with Crippen LogP contribution in [0.15, 0.2) is 59.8 Å². The van der Waals surface area contributed by atoms with Crippen LogP contribution < -0.4 is 0 Å². The molecule has 0 saturated heterocycles. The summed E-state index contributed by atoms with van der Waals surface area (Å²) in [5, 5.41) is 12.2. The van der Waals surface area contributed by atoms with Crippen molar-refractivity contribution in [2.75, 3.05) is 0 Å². The number of hydrogen-bond acceptors (Lipinski definition) is 2. The standard InChI is InChI=1S/C15H12F3NO/c16-15(17,18)13-8-6-12(7-9-13)14(19-20)10-11-4-2-1-3-5-11/h1-9,20H,10H2/b19-14-. The van der Waals surface area contributed by atoms with E-state index in [1.807, 2.05) is 30.3 Å². The zero-order valence-corrected chi connectivity index (χ0v) is 10.4. The maximum Gasteiger partial charge on any atom is 0.416 e. The van der Waals surface area contributed by atoms with E-state index in [-0.39, 0.29) is 0 Å². The highest BCUT2D eigenvalue weighted by Crippen LogP contribution is 2.29. The molecule has 2 rings (SSSR count). The average molecular weight is 279 g/mol. The molecule has 2 aromatic rings. The van der Waals surface area contributed by atoms with Gasteiger partial charge in [0, 0.05) is 6.42 Å². The summed E-state index contributed by atoms with van der Waals surface area (Å²) in [4.78, 5) is 0. The van der Waals surface area contributed by atoms with Crippen molar-refractivity contribution >= 4 is 5.71 Å². The van der Waals surface area contributed by atoms with E-state index in [9.17, 15) is 13.2 Å². The molecule has 0 aliphatic rings. The summed E-state index contributed by atoms with van der Waals surface area (Å²) in [5.41, 5.74) is 0.979. The Labute approximate surface area is 114 Å². The lowest BCUT2D eigenvalue weighted by molar-refractivity contribution is -0.137. The number of oxime groups is 1. The van der Waals surface area contributed by atoms with Gasteiger partial charge in [0.05, 0.1) is 11.3 Å². The normalized spacial score (nSPS) is 12.4. The summed E-state index contributed by atoms with van der Waals surface area (Å²) in [6.07, 6.45) is -4.02. The third-order valence-corrected chi connectivity index (χ3v) is 2.88. The summed E-state index contributed by atoms with van der Waals surface area (Å²) in [7, 11) is 0. The number of alkyl halides is 3. The minimum absolute atomic E-state index is 0.324. The summed E-state index contributed by atoms with van der Waals surface area (Å²) in [6.45, 7) is 0. The molecule has 2 aromatic carbocycles. The molecule has 0 heterocycles. The minimum atomic E-state index is -4.37. The monoisotopic (exact) mass is 279 g/mol. The summed E-state index contributed by atoms with van der Waals surface area (Å²) in [6, 6.07) is 13.8. The van der Waals surface area contributed by atoms with Crippen molar-refractivity contribution < 1.29 is 18.4 Å². The Morgan fingerprint density at radius 2 is 1.55 bits per heavy atom. The zero-order valence-electron chi connectivity index (χ0n) is 10.4. The van der Waals surface area contributed by atoms with Crippen LogP contribution >= 0.6 is 0 Å². The van der Waals surface area contributed by atoms with Gasteiger partial charge < -0.3 is 5.21 Å². The van der Waals surface area contributed by atoms with E-state index in [0.29, 0.717) is 17.7 Å². The quantitative estimate of drug-likeness (QED) is 0.511. The number of rotatable bonds is 3. The van der Waals surface area contributed by atoms with Crippen LogP contribution in [0.4, 0.5) is 13.2 Å². The van der Waals surface area contributed by atoms with Crippen molar-refractivity contribution in [3.63, 3.8) is 0 Å². The Balaban J connectivity index is 2.21. The number of benzene rings is 2. The van der Waals surface area contributed by atoms with Crippen LogP contribution in [0.25, 0.3) is 0 Å². The summed E-state index contributed by atoms with van der Waals surface area (Å²) in [5.74, 6) is 0. The highest BCUT2D eigenvalue weighted by molar-refractivity contribution is 6.01. The fourth-order valence-electron chi connectivity index (χ4n) is 1.84. The van der Waals surface area contributed by atoms with Gasteiger partial charge in [-0.05, 0) is 23.3 Å². The Bertz CT molecular complexity index is 589. The molecule has 104 valence electrons. The molecule has 0 radical (unpaired) electrons. The fourth-order valence-corrected chi connectivity index (χ4v) is 1.84. The highest BCUT2D eigenvalue weighted by Gasteiger charge is 2.30. The van der Waals surface area contributed by atoms with Crippen molar-refractivity contribution in [1.29, 1.82) is 0 Å². The van der Waals surface area contributed by atoms with Crippen molar-refractivity contribution in [3.8, 4) is 0 Å². The molecule has 0 aromatic heterocycles. The molecule has 1 N–H and O–H groups in total. The van der Waals surface area contributed by atoms with Gasteiger partial charge in [-0.2, -0.15) is 13.2 Å². The Kier molecular flexibility index (Phi) is 4.08. The number of hydrogen-bond donors (Lipinski definition) is 1. The molecule has 0 saturated carbocycles. The first-order valence-electron chi connectivity index (χ1n) is 5.93. The lowest BCUT2D eigenvalue weighted by Crippen LogP contribution is -2.08. The predicted octanol–water partition coefficient (Wildman–Crippen LogP) is 4.13. The number of nitrogens with zero attached hydrogens (tertiary/aromatic N) is 1. The van der Waals surface area contributed by atoms with Crippen molar-refractivity contribution in [2.45, 2.75) is 12.6 Å². The first-order chi connectivity index (χ1) is 9.50. The molecule has 0 unspecified atom stereocenters. The van der Waals surface area contributed by atoms with Gasteiger partial charge in [-0.1, -0.05) is 47.6 Å². The SMILES string of the molecule is O/N=C(/Cc1ccccc1)c1ccc(C(F)(F)F)cc1. The van der Waals surface area contributed by atoms with E-state index in [1.165, 1.54) is 12.1 Å². The maximum absolute atomic E-state index is 12.5. The van der Waals surface area contributed by atoms with Gasteiger partial charge in [0.25, 0.3) is 0 Å². The van der Waals surface area contributed by atoms with Gasteiger partial charge in [-0.25, -0.2) is 0 Å². The second-order valence-electron chi connectivity index (χ2n) is 4.28. The van der Waals surface area contributed by atoms with Gasteiger partial charge in [-0.15, -0.1) is 0 Å². The average Bonchev–Trinajstić information content (AvgIpc) is 2.45. The lowest BCUT2D eigenvalue weighted by Gasteiger charge is -2.09. The largest absolute Gasteiger partial charge is 0.416 e. The van der Waals surface area contributed by atoms with Crippen LogP contribution in [0.2, 0.25) is 0 Å². The molecule has 2 nitrogen and oxygen atoms in total. The van der Waals surface area contributed by atoms with Crippen LogP contribution in [0.1, 0.15) is 16.7 Å². The molecular weight excluding hydrogens is 267 g/mol. The first-order valence-corrected chi connectivity index (χ1v) is 5.93. The second kappa shape index (κ2) is 5.77. The van der Waals surface area contributed by atoms with E-state index in [0.717, 1.165) is 17.7 Å². The topological polar surface area (TPSA) is 32.6 Å². The molecule has 20 heavy (non-hydrogen) atoms. The predicted molar refractivity (Wildman–Crippen MR) is 69.9 cm³/mol. The molecule has 0 bridgehead atoms. The fraction of sp³-hybridized carbons (Fsp3) is 0.133. The van der Waals surface area contributed by atoms with Crippen LogP contribution in [-0.2, 0) is 12.6 Å². The third-order valence-electron chi connectivity index (χ3n) is 2.88. The van der Waals surface area contributed by atoms with Crippen LogP contribution in [-0.4, -0.2) is 10.9 Å². The lowest BCUT2D eigenvalue weighted by atomic mass is 10.0. The Morgan fingerprint density at radius 1 is 0.950 bits per heavy atom. The van der Waals surface area contributed by atoms with Crippen LogP contribution in [0, 0.1) is 0 Å². The molecule has 0 aliphatic carbocycles. The molecular formula is C15H12F3NO. The van der Waals surface area contributed by atoms with E-state index in [4.69, 9.17) is 5.21 Å². The van der Waals surface area contributed by atoms with Crippen LogP contribution in [0.5, 0.6) is 0 Å². The molecule has 0 aliphatic heterocycles. The van der Waals surface area contributed by atoms with E-state index >= 15 is 0 Å². The molecule has 5 heteroatoms. The van der Waals surface area contributed by atoms with Crippen molar-refractivity contribution in [2.24, 2.45) is 5.16 Å². The van der Waals surface area contributed by atoms with Crippen LogP contribution in [0.3, 0.4) is 0 Å². The number of halogens is 3.